The van der Waals surface area contributed by atoms with Crippen LogP contribution < -0.4 is 11.5 Å². The zero-order valence-corrected chi connectivity index (χ0v) is 28.2. The Morgan fingerprint density at radius 2 is 1.45 bits per heavy atom. The highest BCUT2D eigenvalue weighted by atomic mass is 16.5. The van der Waals surface area contributed by atoms with Gasteiger partial charge in [-0.3, -0.25) is 14.4 Å². The third-order valence-electron chi connectivity index (χ3n) is 12.9. The summed E-state index contributed by atoms with van der Waals surface area (Å²) in [5, 5.41) is 0. The van der Waals surface area contributed by atoms with Gasteiger partial charge in [0, 0.05) is 12.3 Å². The van der Waals surface area contributed by atoms with Crippen molar-refractivity contribution in [1.29, 1.82) is 0 Å². The van der Waals surface area contributed by atoms with Crippen LogP contribution in [0.4, 0.5) is 0 Å². The van der Waals surface area contributed by atoms with Crippen LogP contribution >= 0.6 is 0 Å². The van der Waals surface area contributed by atoms with Gasteiger partial charge in [0.15, 0.2) is 0 Å². The predicted molar refractivity (Wildman–Crippen MR) is 171 cm³/mol. The highest BCUT2D eigenvalue weighted by Gasteiger charge is 2.64. The molecule has 0 bridgehead atoms. The van der Waals surface area contributed by atoms with Crippen LogP contribution in [0.1, 0.15) is 130 Å². The Balaban J connectivity index is 1.39. The van der Waals surface area contributed by atoms with Gasteiger partial charge in [0.2, 0.25) is 0 Å². The average molecular weight is 619 g/mol. The molecule has 44 heavy (non-hydrogen) atoms. The molecule has 0 aromatic rings. The summed E-state index contributed by atoms with van der Waals surface area (Å²) >= 11 is 0. The second kappa shape index (κ2) is 15.8. The van der Waals surface area contributed by atoms with Gasteiger partial charge < -0.3 is 25.7 Å². The number of ether oxygens (including phenoxy) is 3. The third-order valence-corrected chi connectivity index (χ3v) is 12.9. The second-order valence-corrected chi connectivity index (χ2v) is 15.3. The lowest BCUT2D eigenvalue weighted by atomic mass is 9.43. The van der Waals surface area contributed by atoms with E-state index < -0.39 is 0 Å². The highest BCUT2D eigenvalue weighted by Crippen LogP contribution is 2.68. The van der Waals surface area contributed by atoms with Crippen molar-refractivity contribution in [3.05, 3.63) is 0 Å². The largest absolute Gasteiger partial charge is 0.466 e. The van der Waals surface area contributed by atoms with E-state index in [1.165, 1.54) is 32.1 Å². The van der Waals surface area contributed by atoms with Crippen molar-refractivity contribution < 1.29 is 28.6 Å². The maximum atomic E-state index is 12.6. The Morgan fingerprint density at radius 1 is 0.795 bits per heavy atom. The normalized spacial score (nSPS) is 36.8. The van der Waals surface area contributed by atoms with E-state index in [9.17, 15) is 14.4 Å². The minimum Gasteiger partial charge on any atom is -0.466 e. The predicted octanol–water partition coefficient (Wildman–Crippen LogP) is 6.32. The quantitative estimate of drug-likeness (QED) is 0.124. The van der Waals surface area contributed by atoms with Crippen LogP contribution in [0.3, 0.4) is 0 Å². The first-order valence-electron chi connectivity index (χ1n) is 18.0. The number of unbranched alkanes of at least 4 members (excludes halogenated alkanes) is 5. The Labute approximate surface area is 266 Å². The van der Waals surface area contributed by atoms with Crippen LogP contribution in [0.5, 0.6) is 0 Å². The summed E-state index contributed by atoms with van der Waals surface area (Å²) < 4.78 is 17.5. The van der Waals surface area contributed by atoms with Crippen molar-refractivity contribution in [2.24, 2.45) is 57.8 Å². The van der Waals surface area contributed by atoms with E-state index in [0.29, 0.717) is 48.5 Å². The van der Waals surface area contributed by atoms with Gasteiger partial charge in [0.1, 0.15) is 12.2 Å². The molecule has 4 saturated carbocycles. The molecule has 4 rings (SSSR count). The van der Waals surface area contributed by atoms with Crippen LogP contribution in [-0.2, 0) is 28.6 Å². The number of esters is 3. The van der Waals surface area contributed by atoms with Crippen molar-refractivity contribution >= 4 is 17.9 Å². The molecule has 4 fully saturated rings. The molecule has 4 aliphatic carbocycles. The summed E-state index contributed by atoms with van der Waals surface area (Å²) in [6.45, 7) is 9.83. The van der Waals surface area contributed by atoms with Crippen LogP contribution in [0.2, 0.25) is 0 Å². The number of carbonyl (C=O) groups is 3. The molecule has 0 saturated heterocycles. The number of fused-ring (bicyclic) bond motifs is 5. The van der Waals surface area contributed by atoms with E-state index in [4.69, 9.17) is 25.7 Å². The third kappa shape index (κ3) is 7.82. The van der Waals surface area contributed by atoms with Gasteiger partial charge in [-0.25, -0.2) is 0 Å². The number of nitrogens with two attached hydrogens (primary N) is 2. The average Bonchev–Trinajstić information content (AvgIpc) is 3.37. The van der Waals surface area contributed by atoms with Crippen molar-refractivity contribution in [2.75, 3.05) is 19.7 Å². The van der Waals surface area contributed by atoms with Crippen LogP contribution in [0.25, 0.3) is 0 Å². The van der Waals surface area contributed by atoms with Crippen molar-refractivity contribution in [3.63, 3.8) is 0 Å². The molecule has 6 unspecified atom stereocenters. The summed E-state index contributed by atoms with van der Waals surface area (Å²) in [7, 11) is 0. The lowest BCUT2D eigenvalue weighted by Gasteiger charge is -2.62. The number of rotatable bonds is 15. The molecule has 10 atom stereocenters. The van der Waals surface area contributed by atoms with Crippen LogP contribution in [0.15, 0.2) is 0 Å². The standard InChI is InChI=1S/C36H62N2O6/c1-5-6-7-8-9-10-19-42-31(39)14-11-24(2)27-12-13-28-34-29(16-18-36(27,28)4)35(3)17-15-26(43-32(40)22-37)20-25(35)21-30(34)44-33(41)23-38/h24-30,34H,5-23,37-38H2,1-4H3/t24-,25?,26-,27?,28?,29+,30-,34?,35?,36?/m1/s1. The maximum Gasteiger partial charge on any atom is 0.319 e. The summed E-state index contributed by atoms with van der Waals surface area (Å²) in [4.78, 5) is 37.2. The van der Waals surface area contributed by atoms with E-state index in [0.717, 1.165) is 64.2 Å². The van der Waals surface area contributed by atoms with Gasteiger partial charge in [-0.15, -0.1) is 0 Å². The minimum atomic E-state index is -0.344. The van der Waals surface area contributed by atoms with E-state index in [2.05, 4.69) is 27.7 Å². The van der Waals surface area contributed by atoms with E-state index >= 15 is 0 Å². The molecule has 0 heterocycles. The van der Waals surface area contributed by atoms with Gasteiger partial charge in [0.25, 0.3) is 0 Å². The summed E-state index contributed by atoms with van der Waals surface area (Å²) in [5.74, 6) is 1.84. The van der Waals surface area contributed by atoms with Gasteiger partial charge in [-0.2, -0.15) is 0 Å². The summed E-state index contributed by atoms with van der Waals surface area (Å²) in [6.07, 6.45) is 16.3. The SMILES string of the molecule is CCCCCCCCOC(=O)CC[C@@H](C)C1CCC2C3[C@H](OC(=O)CN)CC4C[C@H](OC(=O)CN)CCC4(C)[C@H]3CCC21C. The van der Waals surface area contributed by atoms with Gasteiger partial charge in [-0.05, 0) is 105 Å². The molecule has 252 valence electrons. The lowest BCUT2D eigenvalue weighted by Crippen LogP contribution is -2.59. The zero-order chi connectivity index (χ0) is 31.9. The van der Waals surface area contributed by atoms with Crippen molar-refractivity contribution in [3.8, 4) is 0 Å². The van der Waals surface area contributed by atoms with Crippen molar-refractivity contribution in [2.45, 2.75) is 143 Å². The number of hydrogen-bond donors (Lipinski definition) is 2. The first-order chi connectivity index (χ1) is 21.1. The second-order valence-electron chi connectivity index (χ2n) is 15.3. The first kappa shape index (κ1) is 35.2. The molecule has 0 radical (unpaired) electrons. The molecule has 8 heteroatoms. The smallest absolute Gasteiger partial charge is 0.319 e. The molecule has 0 aromatic heterocycles. The lowest BCUT2D eigenvalue weighted by molar-refractivity contribution is -0.197. The molecular weight excluding hydrogens is 556 g/mol. The number of carbonyl (C=O) groups excluding carboxylic acids is 3. The first-order valence-corrected chi connectivity index (χ1v) is 18.0. The molecule has 8 nitrogen and oxygen atoms in total. The van der Waals surface area contributed by atoms with E-state index in [1.54, 1.807) is 0 Å². The van der Waals surface area contributed by atoms with Crippen LogP contribution in [-0.4, -0.2) is 49.8 Å². The Hall–Kier alpha value is -1.67. The molecule has 0 spiro atoms. The Bertz CT molecular complexity index is 974. The fraction of sp³-hybridized carbons (Fsp3) is 0.917. The molecular formula is C36H62N2O6. The summed E-state index contributed by atoms with van der Waals surface area (Å²) in [6, 6.07) is 0. The summed E-state index contributed by atoms with van der Waals surface area (Å²) in [5.41, 5.74) is 11.6. The Morgan fingerprint density at radius 3 is 2.18 bits per heavy atom. The molecule has 0 aromatic carbocycles. The fourth-order valence-corrected chi connectivity index (χ4v) is 10.5. The van der Waals surface area contributed by atoms with E-state index in [1.807, 2.05) is 0 Å². The topological polar surface area (TPSA) is 131 Å². The highest BCUT2D eigenvalue weighted by molar-refractivity contribution is 5.72. The fourth-order valence-electron chi connectivity index (χ4n) is 10.5. The Kier molecular flexibility index (Phi) is 12.6. The van der Waals surface area contributed by atoms with Gasteiger partial charge in [0.05, 0.1) is 19.7 Å². The monoisotopic (exact) mass is 618 g/mol. The van der Waals surface area contributed by atoms with E-state index in [-0.39, 0.29) is 54.0 Å². The molecule has 0 amide bonds. The number of hydrogen-bond acceptors (Lipinski definition) is 8. The van der Waals surface area contributed by atoms with Crippen molar-refractivity contribution in [1.82, 2.24) is 0 Å². The van der Waals surface area contributed by atoms with Crippen LogP contribution in [0, 0.1) is 46.3 Å². The maximum absolute atomic E-state index is 12.6. The molecule has 0 aliphatic heterocycles. The minimum absolute atomic E-state index is 0.0541. The molecule has 4 N–H and O–H groups in total. The van der Waals surface area contributed by atoms with Gasteiger partial charge in [-0.1, -0.05) is 59.8 Å². The molecule has 4 aliphatic rings. The zero-order valence-electron chi connectivity index (χ0n) is 28.2. The van der Waals surface area contributed by atoms with Gasteiger partial charge >= 0.3 is 17.9 Å².